The summed E-state index contributed by atoms with van der Waals surface area (Å²) in [5.41, 5.74) is 7.19. The van der Waals surface area contributed by atoms with Gasteiger partial charge in [-0.25, -0.2) is 10.2 Å². The number of amides is 3. The fraction of sp³-hybridized carbons (Fsp3) is 0.522. The maximum atomic E-state index is 13.1. The van der Waals surface area contributed by atoms with Crippen molar-refractivity contribution in [2.24, 2.45) is 23.6 Å². The van der Waals surface area contributed by atoms with Gasteiger partial charge in [0.1, 0.15) is 5.60 Å². The fourth-order valence-corrected chi connectivity index (χ4v) is 3.08. The highest BCUT2D eigenvalue weighted by Crippen LogP contribution is 2.28. The minimum absolute atomic E-state index is 0.137. The zero-order chi connectivity index (χ0) is 24.3. The molecule has 0 heterocycles. The monoisotopic (exact) mass is 447 g/mol. The van der Waals surface area contributed by atoms with E-state index in [0.717, 1.165) is 10.7 Å². The molecule has 0 aliphatic carbocycles. The molecule has 0 spiro atoms. The average Bonchev–Trinajstić information content (AvgIpc) is 2.66. The smallest absolute Gasteiger partial charge is 0.349 e. The van der Waals surface area contributed by atoms with Gasteiger partial charge in [0.25, 0.3) is 0 Å². The highest BCUT2D eigenvalue weighted by atomic mass is 16.6. The number of hydrogen-bond donors (Lipinski definition) is 4. The van der Waals surface area contributed by atoms with Gasteiger partial charge < -0.3 is 4.74 Å². The Morgan fingerprint density at radius 1 is 1.09 bits per heavy atom. The number of allylic oxidation sites excluding steroid dienone is 1. The molecule has 9 heteroatoms. The van der Waals surface area contributed by atoms with Crippen molar-refractivity contribution in [1.82, 2.24) is 21.4 Å². The molecule has 0 saturated heterocycles. The minimum Gasteiger partial charge on any atom is -0.460 e. The summed E-state index contributed by atoms with van der Waals surface area (Å²) < 4.78 is 5.62. The van der Waals surface area contributed by atoms with Gasteiger partial charge in [0.2, 0.25) is 5.91 Å². The summed E-state index contributed by atoms with van der Waals surface area (Å²) in [7, 11) is 1.43. The van der Waals surface area contributed by atoms with Crippen molar-refractivity contribution in [3.63, 3.8) is 0 Å². The van der Waals surface area contributed by atoms with Crippen LogP contribution in [0, 0.1) is 17.8 Å². The number of carbonyl (C=O) groups excluding carboxylic acids is 3. The predicted octanol–water partition coefficient (Wildman–Crippen LogP) is 2.76. The Balaban J connectivity index is 3.07. The summed E-state index contributed by atoms with van der Waals surface area (Å²) >= 11 is 0. The van der Waals surface area contributed by atoms with E-state index in [9.17, 15) is 14.4 Å². The lowest BCUT2D eigenvalue weighted by atomic mass is 9.82. The highest BCUT2D eigenvalue weighted by Gasteiger charge is 2.36. The lowest BCUT2D eigenvalue weighted by Gasteiger charge is -2.29. The van der Waals surface area contributed by atoms with Crippen LogP contribution in [0.2, 0.25) is 0 Å². The number of hydrogen-bond acceptors (Lipinski definition) is 6. The lowest BCUT2D eigenvalue weighted by Crippen LogP contribution is -2.55. The van der Waals surface area contributed by atoms with Crippen molar-refractivity contribution in [3.05, 3.63) is 42.0 Å². The van der Waals surface area contributed by atoms with Crippen molar-refractivity contribution >= 4 is 24.0 Å². The van der Waals surface area contributed by atoms with Crippen molar-refractivity contribution < 1.29 is 19.1 Å². The number of nitrogens with zero attached hydrogens (tertiary/aromatic N) is 1. The highest BCUT2D eigenvalue weighted by molar-refractivity contribution is 5.87. The summed E-state index contributed by atoms with van der Waals surface area (Å²) in [4.78, 5) is 37.8. The third kappa shape index (κ3) is 10.9. The number of rotatable bonds is 9. The van der Waals surface area contributed by atoms with E-state index in [-0.39, 0.29) is 5.92 Å². The van der Waals surface area contributed by atoms with Crippen LogP contribution in [-0.4, -0.2) is 35.7 Å². The molecule has 32 heavy (non-hydrogen) atoms. The maximum absolute atomic E-state index is 13.1. The molecule has 0 bridgehead atoms. The van der Waals surface area contributed by atoms with E-state index >= 15 is 0 Å². The summed E-state index contributed by atoms with van der Waals surface area (Å²) in [5.74, 6) is 3.13. The lowest BCUT2D eigenvalue weighted by molar-refractivity contribution is -0.164. The number of nitrogens with two attached hydrogens (primary N) is 1. The van der Waals surface area contributed by atoms with Crippen molar-refractivity contribution in [3.8, 4) is 0 Å². The molecule has 178 valence electrons. The molecule has 0 radical (unpaired) electrons. The Bertz CT molecular complexity index is 772. The van der Waals surface area contributed by atoms with Crippen LogP contribution in [-0.2, 0) is 14.3 Å². The minimum atomic E-state index is -0.723. The van der Waals surface area contributed by atoms with E-state index < -0.39 is 35.3 Å². The van der Waals surface area contributed by atoms with Crippen molar-refractivity contribution in [2.45, 2.75) is 53.1 Å². The van der Waals surface area contributed by atoms with Gasteiger partial charge in [-0.2, -0.15) is 5.12 Å². The van der Waals surface area contributed by atoms with Crippen molar-refractivity contribution in [2.75, 3.05) is 7.05 Å². The number of esters is 1. The first-order chi connectivity index (χ1) is 14.9. The number of benzene rings is 1. The molecule has 0 aliphatic heterocycles. The Kier molecular flexibility index (Phi) is 10.9. The molecule has 0 unspecified atom stereocenters. The molecule has 1 rings (SSSR count). The first-order valence-electron chi connectivity index (χ1n) is 10.7. The standard InChI is InChI=1S/C23H37N5O4/c1-16(2)15-19(20(29)25-26-22(31)27-28(6)24)18(21(30)32-23(3,4)5)14-10-13-17-11-8-7-9-12-17/h7-13,16,18-19H,14-15,24H2,1-6H3,(H,25,29)(H2,26,27,31)/b13-10+/t18-,19+/m0/s1. The van der Waals surface area contributed by atoms with E-state index in [4.69, 9.17) is 10.6 Å². The van der Waals surface area contributed by atoms with Crippen LogP contribution in [0.25, 0.3) is 6.08 Å². The Labute approximate surface area is 190 Å². The normalized spacial score (nSPS) is 13.7. The number of carbonyl (C=O) groups is 3. The number of nitrogens with one attached hydrogen (secondary N) is 3. The molecule has 0 fully saturated rings. The molecule has 1 aromatic rings. The third-order valence-electron chi connectivity index (χ3n) is 4.33. The maximum Gasteiger partial charge on any atom is 0.349 e. The van der Waals surface area contributed by atoms with Gasteiger partial charge in [0.05, 0.1) is 11.8 Å². The van der Waals surface area contributed by atoms with Crippen LogP contribution >= 0.6 is 0 Å². The Hall–Kier alpha value is -2.91. The third-order valence-corrected chi connectivity index (χ3v) is 4.33. The average molecular weight is 448 g/mol. The summed E-state index contributed by atoms with van der Waals surface area (Å²) in [6.45, 7) is 9.29. The van der Waals surface area contributed by atoms with Crippen LogP contribution in [0.15, 0.2) is 36.4 Å². The van der Waals surface area contributed by atoms with Crippen LogP contribution in [0.4, 0.5) is 4.79 Å². The zero-order valence-corrected chi connectivity index (χ0v) is 19.8. The molecule has 0 aliphatic rings. The van der Waals surface area contributed by atoms with Crippen LogP contribution in [0.5, 0.6) is 0 Å². The van der Waals surface area contributed by atoms with Gasteiger partial charge in [0.15, 0.2) is 0 Å². The van der Waals surface area contributed by atoms with E-state index in [1.807, 2.05) is 56.3 Å². The van der Waals surface area contributed by atoms with E-state index in [2.05, 4.69) is 16.3 Å². The summed E-state index contributed by atoms with van der Waals surface area (Å²) in [5, 5.41) is 0.949. The van der Waals surface area contributed by atoms with Gasteiger partial charge in [-0.3, -0.25) is 26.3 Å². The van der Waals surface area contributed by atoms with E-state index in [1.54, 1.807) is 20.8 Å². The summed E-state index contributed by atoms with van der Waals surface area (Å²) in [6.07, 6.45) is 4.53. The molecule has 1 aromatic carbocycles. The SMILES string of the molecule is CC(C)C[C@@H](C(=O)NNC(=O)NN(C)N)[C@H](C/C=C/c1ccccc1)C(=O)OC(C)(C)C. The van der Waals surface area contributed by atoms with E-state index in [0.29, 0.717) is 12.8 Å². The van der Waals surface area contributed by atoms with Gasteiger partial charge in [-0.05, 0) is 45.1 Å². The number of ether oxygens (including phenoxy) is 1. The van der Waals surface area contributed by atoms with Crippen LogP contribution in [0.1, 0.15) is 53.0 Å². The quantitative estimate of drug-likeness (QED) is 0.262. The van der Waals surface area contributed by atoms with Crippen LogP contribution in [0.3, 0.4) is 0 Å². The fourth-order valence-electron chi connectivity index (χ4n) is 3.08. The van der Waals surface area contributed by atoms with Gasteiger partial charge in [0, 0.05) is 7.05 Å². The molecular formula is C23H37N5O4. The Morgan fingerprint density at radius 3 is 2.25 bits per heavy atom. The molecule has 9 nitrogen and oxygen atoms in total. The van der Waals surface area contributed by atoms with Crippen LogP contribution < -0.4 is 22.1 Å². The van der Waals surface area contributed by atoms with Crippen molar-refractivity contribution in [1.29, 1.82) is 0 Å². The largest absolute Gasteiger partial charge is 0.460 e. The first-order valence-corrected chi connectivity index (χ1v) is 10.7. The molecule has 5 N–H and O–H groups in total. The second-order valence-electron chi connectivity index (χ2n) is 9.09. The van der Waals surface area contributed by atoms with Gasteiger partial charge in [-0.1, -0.05) is 56.3 Å². The molecule has 2 atom stereocenters. The Morgan fingerprint density at radius 2 is 1.72 bits per heavy atom. The molecule has 3 amide bonds. The van der Waals surface area contributed by atoms with Gasteiger partial charge >= 0.3 is 12.0 Å². The second-order valence-corrected chi connectivity index (χ2v) is 9.09. The molecule has 0 saturated carbocycles. The van der Waals surface area contributed by atoms with Gasteiger partial charge in [-0.15, -0.1) is 0 Å². The summed E-state index contributed by atoms with van der Waals surface area (Å²) in [6, 6.07) is 8.98. The molecule has 0 aromatic heterocycles. The number of urea groups is 1. The topological polar surface area (TPSA) is 126 Å². The van der Waals surface area contributed by atoms with E-state index in [1.165, 1.54) is 7.05 Å². The molecular weight excluding hydrogens is 410 g/mol. The second kappa shape index (κ2) is 12.8. The predicted molar refractivity (Wildman–Crippen MR) is 124 cm³/mol. The zero-order valence-electron chi connectivity index (χ0n) is 19.8. The first kappa shape index (κ1) is 27.1. The number of hydrazine groups is 3.